The minimum Gasteiger partial charge on any atom is -0.394 e. The van der Waals surface area contributed by atoms with Crippen molar-refractivity contribution >= 4 is 5.91 Å². The molecule has 0 radical (unpaired) electrons. The minimum absolute atomic E-state index is 0.00939. The topological polar surface area (TPSA) is 89.8 Å². The summed E-state index contributed by atoms with van der Waals surface area (Å²) in [6.45, 7) is 4.21. The van der Waals surface area contributed by atoms with Crippen LogP contribution in [0.15, 0.2) is 24.3 Å². The van der Waals surface area contributed by atoms with E-state index >= 15 is 0 Å². The molecule has 0 aromatic rings. The molecule has 0 spiro atoms. The minimum atomic E-state index is -0.929. The van der Waals surface area contributed by atoms with E-state index in [1.54, 1.807) is 6.08 Å². The van der Waals surface area contributed by atoms with Crippen LogP contribution in [-0.2, 0) is 4.79 Å². The SMILES string of the molecule is CCCCCC/C=C\CCCCCCCC(O)CC(=O)NC(CO)C(O)/C=C/CCCCCCCCCCCCCCCCCCCCCCCC. The fraction of sp³-hybridized carbons (Fsp3) is 0.894. The molecule has 0 heterocycles. The normalized spacial score (nSPS) is 13.7. The molecule has 0 fully saturated rings. The zero-order chi connectivity index (χ0) is 38.0. The predicted molar refractivity (Wildman–Crippen MR) is 227 cm³/mol. The van der Waals surface area contributed by atoms with Gasteiger partial charge in [-0.25, -0.2) is 0 Å². The van der Waals surface area contributed by atoms with Crippen molar-refractivity contribution in [2.75, 3.05) is 6.61 Å². The third kappa shape index (κ3) is 38.6. The van der Waals surface area contributed by atoms with Gasteiger partial charge in [0.1, 0.15) is 0 Å². The molecule has 1 amide bonds. The van der Waals surface area contributed by atoms with Crippen molar-refractivity contribution < 1.29 is 20.1 Å². The maximum absolute atomic E-state index is 12.4. The molecule has 0 aromatic carbocycles. The van der Waals surface area contributed by atoms with Gasteiger partial charge in [-0.3, -0.25) is 4.79 Å². The first-order valence-corrected chi connectivity index (χ1v) is 23.1. The molecule has 0 aromatic heterocycles. The Morgan fingerprint density at radius 1 is 0.481 bits per heavy atom. The Bertz CT molecular complexity index is 768. The summed E-state index contributed by atoms with van der Waals surface area (Å²) in [5, 5.41) is 33.2. The summed E-state index contributed by atoms with van der Waals surface area (Å²) < 4.78 is 0. The van der Waals surface area contributed by atoms with Gasteiger partial charge >= 0.3 is 0 Å². The molecular formula is C47H91NO4. The first kappa shape index (κ1) is 50.8. The van der Waals surface area contributed by atoms with E-state index in [0.717, 1.165) is 38.5 Å². The van der Waals surface area contributed by atoms with Crippen molar-refractivity contribution in [2.45, 2.75) is 263 Å². The molecule has 5 heteroatoms. The lowest BCUT2D eigenvalue weighted by Crippen LogP contribution is -2.45. The number of nitrogens with one attached hydrogen (secondary N) is 1. The molecule has 0 aliphatic carbocycles. The lowest BCUT2D eigenvalue weighted by atomic mass is 10.0. The Labute approximate surface area is 324 Å². The Kier molecular flexibility index (Phi) is 41.6. The van der Waals surface area contributed by atoms with Gasteiger partial charge in [0.15, 0.2) is 0 Å². The van der Waals surface area contributed by atoms with Gasteiger partial charge in [0.05, 0.1) is 31.3 Å². The predicted octanol–water partition coefficient (Wildman–Crippen LogP) is 13.4. The summed E-state index contributed by atoms with van der Waals surface area (Å²) in [7, 11) is 0. The highest BCUT2D eigenvalue weighted by Crippen LogP contribution is 2.16. The van der Waals surface area contributed by atoms with Gasteiger partial charge in [0.25, 0.3) is 0 Å². The Balaban J connectivity index is 3.61. The maximum atomic E-state index is 12.4. The van der Waals surface area contributed by atoms with Crippen LogP contribution in [0.5, 0.6) is 0 Å². The monoisotopic (exact) mass is 734 g/mol. The van der Waals surface area contributed by atoms with Crippen LogP contribution in [0.2, 0.25) is 0 Å². The van der Waals surface area contributed by atoms with Crippen LogP contribution < -0.4 is 5.32 Å². The quantitative estimate of drug-likeness (QED) is 0.0371. The Morgan fingerprint density at radius 3 is 1.19 bits per heavy atom. The largest absolute Gasteiger partial charge is 0.394 e. The van der Waals surface area contributed by atoms with Gasteiger partial charge in [-0.05, 0) is 44.9 Å². The average molecular weight is 734 g/mol. The number of rotatable bonds is 42. The highest BCUT2D eigenvalue weighted by Gasteiger charge is 2.20. The molecule has 0 bridgehead atoms. The summed E-state index contributed by atoms with van der Waals surface area (Å²) in [6, 6.07) is -0.745. The van der Waals surface area contributed by atoms with E-state index in [1.165, 1.54) is 180 Å². The lowest BCUT2D eigenvalue weighted by molar-refractivity contribution is -0.124. The van der Waals surface area contributed by atoms with E-state index in [2.05, 4.69) is 31.3 Å². The van der Waals surface area contributed by atoms with E-state index in [9.17, 15) is 20.1 Å². The fourth-order valence-electron chi connectivity index (χ4n) is 7.16. The van der Waals surface area contributed by atoms with Crippen molar-refractivity contribution in [2.24, 2.45) is 0 Å². The zero-order valence-electron chi connectivity index (χ0n) is 35.0. The Hall–Kier alpha value is -1.17. The molecule has 3 unspecified atom stereocenters. The zero-order valence-corrected chi connectivity index (χ0v) is 35.0. The standard InChI is InChI=1S/C47H91NO4/c1-3-5-7-9-11-13-15-17-18-19-20-21-22-23-24-25-26-27-29-31-33-35-37-39-41-46(51)45(43-49)48-47(52)42-44(50)40-38-36-34-32-30-28-16-14-12-10-8-6-4-2/h14,16,39,41,44-46,49-51H,3-13,15,17-38,40,42-43H2,1-2H3,(H,48,52)/b16-14-,41-39+. The van der Waals surface area contributed by atoms with Gasteiger partial charge < -0.3 is 20.6 Å². The van der Waals surface area contributed by atoms with Crippen LogP contribution in [0, 0.1) is 0 Å². The smallest absolute Gasteiger partial charge is 0.222 e. The van der Waals surface area contributed by atoms with Crippen molar-refractivity contribution in [1.29, 1.82) is 0 Å². The highest BCUT2D eigenvalue weighted by molar-refractivity contribution is 5.76. The van der Waals surface area contributed by atoms with Crippen LogP contribution in [0.4, 0.5) is 0 Å². The molecule has 5 nitrogen and oxygen atoms in total. The average Bonchev–Trinajstić information content (AvgIpc) is 3.14. The van der Waals surface area contributed by atoms with Gasteiger partial charge in [0.2, 0.25) is 5.91 Å². The summed E-state index contributed by atoms with van der Waals surface area (Å²) in [5.74, 6) is -0.319. The maximum Gasteiger partial charge on any atom is 0.222 e. The van der Waals surface area contributed by atoms with Gasteiger partial charge in [-0.1, -0.05) is 218 Å². The first-order chi connectivity index (χ1) is 25.5. The molecule has 52 heavy (non-hydrogen) atoms. The molecule has 0 saturated heterocycles. The summed E-state index contributed by atoms with van der Waals surface area (Å²) in [4.78, 5) is 12.4. The van der Waals surface area contributed by atoms with Crippen LogP contribution in [0.25, 0.3) is 0 Å². The molecule has 4 N–H and O–H groups in total. The molecule has 3 atom stereocenters. The molecular weight excluding hydrogens is 643 g/mol. The second-order valence-electron chi connectivity index (χ2n) is 16.0. The van der Waals surface area contributed by atoms with Crippen molar-refractivity contribution in [1.82, 2.24) is 5.32 Å². The summed E-state index contributed by atoms with van der Waals surface area (Å²) in [6.07, 6.45) is 51.9. The highest BCUT2D eigenvalue weighted by atomic mass is 16.3. The summed E-state index contributed by atoms with van der Waals surface area (Å²) >= 11 is 0. The number of aliphatic hydroxyl groups excluding tert-OH is 3. The van der Waals surface area contributed by atoms with E-state index in [4.69, 9.17) is 0 Å². The summed E-state index contributed by atoms with van der Waals surface area (Å²) in [5.41, 5.74) is 0. The third-order valence-electron chi connectivity index (χ3n) is 10.7. The number of amides is 1. The van der Waals surface area contributed by atoms with Gasteiger partial charge in [0, 0.05) is 0 Å². The molecule has 308 valence electrons. The Morgan fingerprint density at radius 2 is 0.808 bits per heavy atom. The number of hydrogen-bond donors (Lipinski definition) is 4. The number of allylic oxidation sites excluding steroid dienone is 3. The molecule has 0 aliphatic heterocycles. The van der Waals surface area contributed by atoms with E-state index in [-0.39, 0.29) is 18.9 Å². The van der Waals surface area contributed by atoms with Crippen molar-refractivity contribution in [3.05, 3.63) is 24.3 Å². The molecule has 0 rings (SSSR count). The number of carbonyl (C=O) groups excluding carboxylic acids is 1. The van der Waals surface area contributed by atoms with Crippen molar-refractivity contribution in [3.63, 3.8) is 0 Å². The van der Waals surface area contributed by atoms with E-state index < -0.39 is 18.2 Å². The van der Waals surface area contributed by atoms with E-state index in [1.807, 2.05) is 6.08 Å². The van der Waals surface area contributed by atoms with E-state index in [0.29, 0.717) is 6.42 Å². The second-order valence-corrected chi connectivity index (χ2v) is 16.0. The molecule has 0 saturated carbocycles. The first-order valence-electron chi connectivity index (χ1n) is 23.1. The number of unbranched alkanes of at least 4 members (excludes halogenated alkanes) is 31. The van der Waals surface area contributed by atoms with Crippen LogP contribution in [0.3, 0.4) is 0 Å². The molecule has 0 aliphatic rings. The van der Waals surface area contributed by atoms with Crippen molar-refractivity contribution in [3.8, 4) is 0 Å². The van der Waals surface area contributed by atoms with Gasteiger partial charge in [-0.15, -0.1) is 0 Å². The lowest BCUT2D eigenvalue weighted by Gasteiger charge is -2.21. The van der Waals surface area contributed by atoms with Crippen LogP contribution in [0.1, 0.15) is 245 Å². The van der Waals surface area contributed by atoms with Gasteiger partial charge in [-0.2, -0.15) is 0 Å². The number of hydrogen-bond acceptors (Lipinski definition) is 4. The van der Waals surface area contributed by atoms with Crippen LogP contribution >= 0.6 is 0 Å². The number of carbonyl (C=O) groups is 1. The fourth-order valence-corrected chi connectivity index (χ4v) is 7.16. The van der Waals surface area contributed by atoms with Crippen LogP contribution in [-0.4, -0.2) is 46.1 Å². The third-order valence-corrected chi connectivity index (χ3v) is 10.7. The number of aliphatic hydroxyl groups is 3. The second kappa shape index (κ2) is 42.6.